The fraction of sp³-hybridized carbons (Fsp3) is 0.552. The molecule has 1 heterocycles. The van der Waals surface area contributed by atoms with Gasteiger partial charge >= 0.3 is 0 Å². The second-order valence-electron chi connectivity index (χ2n) is 10.6. The molecule has 0 unspecified atom stereocenters. The molecule has 192 valence electrons. The molecule has 0 aromatic heterocycles. The van der Waals surface area contributed by atoms with E-state index in [1.807, 2.05) is 17.0 Å². The quantitative estimate of drug-likeness (QED) is 0.451. The number of nitrogens with two attached hydrogens (primary N) is 1. The molecular weight excluding hydrogens is 441 g/mol. The number of nitrogens with zero attached hydrogens (tertiary/aromatic N) is 2. The molecule has 0 aliphatic carbocycles. The van der Waals surface area contributed by atoms with Crippen LogP contribution < -0.4 is 15.4 Å². The predicted molar refractivity (Wildman–Crippen MR) is 141 cm³/mol. The lowest BCUT2D eigenvalue weighted by molar-refractivity contribution is -0.134. The SMILES string of the molecule is CC(C)CCN(c1ccc(OCc2ccc(F)cc2)cc1)C1CCN(C(=O)[C@@H](N)CC(C)C)CC1. The number of hydrogen-bond donors (Lipinski definition) is 1. The number of amides is 1. The van der Waals surface area contributed by atoms with Crippen molar-refractivity contribution >= 4 is 11.6 Å². The molecule has 0 bridgehead atoms. The summed E-state index contributed by atoms with van der Waals surface area (Å²) in [4.78, 5) is 17.2. The van der Waals surface area contributed by atoms with Crippen LogP contribution in [0, 0.1) is 17.7 Å². The molecule has 0 saturated carbocycles. The van der Waals surface area contributed by atoms with E-state index in [0.717, 1.165) is 56.6 Å². The minimum Gasteiger partial charge on any atom is -0.489 e. The molecule has 2 N–H and O–H groups in total. The summed E-state index contributed by atoms with van der Waals surface area (Å²) in [5, 5.41) is 0. The number of hydrogen-bond acceptors (Lipinski definition) is 4. The number of piperidine rings is 1. The van der Waals surface area contributed by atoms with Crippen LogP contribution in [-0.2, 0) is 11.4 Å². The third-order valence-corrected chi connectivity index (χ3v) is 6.69. The van der Waals surface area contributed by atoms with Crippen molar-refractivity contribution in [1.82, 2.24) is 4.90 Å². The molecule has 1 aliphatic heterocycles. The van der Waals surface area contributed by atoms with Crippen molar-refractivity contribution in [3.05, 3.63) is 59.9 Å². The summed E-state index contributed by atoms with van der Waals surface area (Å²) in [6, 6.07) is 14.6. The van der Waals surface area contributed by atoms with E-state index in [1.54, 1.807) is 12.1 Å². The zero-order valence-electron chi connectivity index (χ0n) is 21.8. The van der Waals surface area contributed by atoms with Crippen molar-refractivity contribution in [2.75, 3.05) is 24.5 Å². The Labute approximate surface area is 210 Å². The van der Waals surface area contributed by atoms with Crippen LogP contribution in [0.25, 0.3) is 0 Å². The van der Waals surface area contributed by atoms with Crippen molar-refractivity contribution in [1.29, 1.82) is 0 Å². The van der Waals surface area contributed by atoms with E-state index >= 15 is 0 Å². The molecule has 0 radical (unpaired) electrons. The third kappa shape index (κ3) is 8.24. The highest BCUT2D eigenvalue weighted by molar-refractivity contribution is 5.81. The van der Waals surface area contributed by atoms with Crippen molar-refractivity contribution in [2.24, 2.45) is 17.6 Å². The number of benzene rings is 2. The summed E-state index contributed by atoms with van der Waals surface area (Å²) in [5.74, 6) is 1.68. The number of carbonyl (C=O) groups is 1. The van der Waals surface area contributed by atoms with Gasteiger partial charge in [0.05, 0.1) is 6.04 Å². The molecule has 35 heavy (non-hydrogen) atoms. The first-order chi connectivity index (χ1) is 16.7. The molecule has 5 nitrogen and oxygen atoms in total. The van der Waals surface area contributed by atoms with Gasteiger partial charge in [0.2, 0.25) is 5.91 Å². The Balaban J connectivity index is 1.61. The van der Waals surface area contributed by atoms with Crippen LogP contribution in [0.3, 0.4) is 0 Å². The van der Waals surface area contributed by atoms with E-state index in [0.29, 0.717) is 24.5 Å². The fourth-order valence-corrected chi connectivity index (χ4v) is 4.64. The Kier molecular flexibility index (Phi) is 9.96. The number of carbonyl (C=O) groups excluding carboxylic acids is 1. The highest BCUT2D eigenvalue weighted by Gasteiger charge is 2.29. The first kappa shape index (κ1) is 27.0. The van der Waals surface area contributed by atoms with Gasteiger partial charge in [-0.3, -0.25) is 4.79 Å². The molecule has 1 fully saturated rings. The van der Waals surface area contributed by atoms with Crippen molar-refractivity contribution < 1.29 is 13.9 Å². The molecule has 1 aliphatic rings. The highest BCUT2D eigenvalue weighted by Crippen LogP contribution is 2.27. The van der Waals surface area contributed by atoms with Crippen molar-refractivity contribution in [3.8, 4) is 5.75 Å². The standard InChI is InChI=1S/C29H42FN3O2/c1-21(2)13-18-33(26-14-16-32(17-15-26)29(34)28(31)19-22(3)4)25-9-11-27(12-10-25)35-20-23-5-7-24(30)8-6-23/h5-12,21-22,26,28H,13-20,31H2,1-4H3/t28-/m0/s1. The molecule has 6 heteroatoms. The predicted octanol–water partition coefficient (Wildman–Crippen LogP) is 5.62. The Morgan fingerprint density at radius 3 is 2.23 bits per heavy atom. The average Bonchev–Trinajstić information content (AvgIpc) is 2.84. The van der Waals surface area contributed by atoms with E-state index in [4.69, 9.17) is 10.5 Å². The van der Waals surface area contributed by atoms with Crippen LogP contribution in [0.4, 0.5) is 10.1 Å². The van der Waals surface area contributed by atoms with Crippen LogP contribution in [0.15, 0.2) is 48.5 Å². The summed E-state index contributed by atoms with van der Waals surface area (Å²) < 4.78 is 19.0. The first-order valence-corrected chi connectivity index (χ1v) is 13.0. The van der Waals surface area contributed by atoms with E-state index in [9.17, 15) is 9.18 Å². The number of rotatable bonds is 11. The topological polar surface area (TPSA) is 58.8 Å². The smallest absolute Gasteiger partial charge is 0.239 e. The van der Waals surface area contributed by atoms with Gasteiger partial charge in [-0.2, -0.15) is 0 Å². The van der Waals surface area contributed by atoms with Crippen molar-refractivity contribution in [3.63, 3.8) is 0 Å². The van der Waals surface area contributed by atoms with Gasteiger partial charge in [0.1, 0.15) is 18.2 Å². The van der Waals surface area contributed by atoms with Crippen LogP contribution in [-0.4, -0.2) is 42.5 Å². The number of likely N-dealkylation sites (tertiary alicyclic amines) is 1. The van der Waals surface area contributed by atoms with E-state index in [2.05, 4.69) is 44.7 Å². The maximum Gasteiger partial charge on any atom is 0.239 e. The molecule has 1 amide bonds. The minimum atomic E-state index is -0.397. The van der Waals surface area contributed by atoms with Crippen LogP contribution in [0.5, 0.6) is 5.75 Å². The normalized spacial score (nSPS) is 15.5. The summed E-state index contributed by atoms with van der Waals surface area (Å²) in [7, 11) is 0. The largest absolute Gasteiger partial charge is 0.489 e. The first-order valence-electron chi connectivity index (χ1n) is 13.0. The maximum absolute atomic E-state index is 13.1. The zero-order valence-corrected chi connectivity index (χ0v) is 21.8. The Morgan fingerprint density at radius 1 is 1.03 bits per heavy atom. The summed E-state index contributed by atoms with van der Waals surface area (Å²) in [6.45, 7) is 11.6. The molecule has 3 rings (SSSR count). The van der Waals surface area contributed by atoms with Gasteiger partial charge in [-0.25, -0.2) is 4.39 Å². The van der Waals surface area contributed by atoms with Crippen LogP contribution >= 0.6 is 0 Å². The van der Waals surface area contributed by atoms with Crippen molar-refractivity contribution in [2.45, 2.75) is 72.1 Å². The average molecular weight is 484 g/mol. The van der Waals surface area contributed by atoms with Crippen LogP contribution in [0.1, 0.15) is 58.9 Å². The third-order valence-electron chi connectivity index (χ3n) is 6.69. The second-order valence-corrected chi connectivity index (χ2v) is 10.6. The van der Waals surface area contributed by atoms with E-state index < -0.39 is 6.04 Å². The zero-order chi connectivity index (χ0) is 25.4. The van der Waals surface area contributed by atoms with Gasteiger partial charge in [-0.1, -0.05) is 39.8 Å². The molecule has 1 saturated heterocycles. The van der Waals surface area contributed by atoms with Gasteiger partial charge in [-0.15, -0.1) is 0 Å². The Bertz CT molecular complexity index is 907. The number of anilines is 1. The molecule has 0 spiro atoms. The molecular formula is C29H42FN3O2. The fourth-order valence-electron chi connectivity index (χ4n) is 4.64. The monoisotopic (exact) mass is 483 g/mol. The van der Waals surface area contributed by atoms with Gasteiger partial charge in [-0.05, 0) is 79.5 Å². The minimum absolute atomic E-state index is 0.0912. The molecule has 1 atom stereocenters. The maximum atomic E-state index is 13.1. The molecule has 2 aromatic rings. The number of ether oxygens (including phenoxy) is 1. The van der Waals surface area contributed by atoms with E-state index in [-0.39, 0.29) is 11.7 Å². The second kappa shape index (κ2) is 12.9. The highest BCUT2D eigenvalue weighted by atomic mass is 19.1. The van der Waals surface area contributed by atoms with Gasteiger partial charge in [0.15, 0.2) is 0 Å². The summed E-state index contributed by atoms with van der Waals surface area (Å²) >= 11 is 0. The van der Waals surface area contributed by atoms with Gasteiger partial charge in [0, 0.05) is 31.4 Å². The summed E-state index contributed by atoms with van der Waals surface area (Å²) in [6.07, 6.45) is 3.73. The van der Waals surface area contributed by atoms with Gasteiger partial charge < -0.3 is 20.3 Å². The van der Waals surface area contributed by atoms with Gasteiger partial charge in [0.25, 0.3) is 0 Å². The van der Waals surface area contributed by atoms with Crippen LogP contribution in [0.2, 0.25) is 0 Å². The summed E-state index contributed by atoms with van der Waals surface area (Å²) in [5.41, 5.74) is 8.28. The van der Waals surface area contributed by atoms with E-state index in [1.165, 1.54) is 17.8 Å². The molecule has 2 aromatic carbocycles. The lowest BCUT2D eigenvalue weighted by atomic mass is 9.98. The lowest BCUT2D eigenvalue weighted by Gasteiger charge is -2.41. The Morgan fingerprint density at radius 2 is 1.66 bits per heavy atom. The number of halogens is 1. The lowest BCUT2D eigenvalue weighted by Crippen LogP contribution is -2.51. The Hall–Kier alpha value is -2.60.